The van der Waals surface area contributed by atoms with Crippen LogP contribution in [0.4, 0.5) is 0 Å². The molecule has 8 aromatic heterocycles. The lowest BCUT2D eigenvalue weighted by molar-refractivity contribution is 0.668. The summed E-state index contributed by atoms with van der Waals surface area (Å²) in [5.41, 5.74) is 32.7. The summed E-state index contributed by atoms with van der Waals surface area (Å²) in [6.45, 7) is 27.0. The van der Waals surface area contributed by atoms with E-state index in [4.69, 9.17) is 4.42 Å². The van der Waals surface area contributed by atoms with Crippen molar-refractivity contribution in [3.63, 3.8) is 0 Å². The number of rotatable bonds is 7. The topological polar surface area (TPSA) is 55.6 Å². The molecular weight excluding hydrogens is 1040 g/mol. The molecular formula is C77H65N7O. The molecule has 8 heterocycles. The highest BCUT2D eigenvalue weighted by atomic mass is 16.3. The first-order valence-corrected chi connectivity index (χ1v) is 29.7. The number of aromatic nitrogens is 7. The van der Waals surface area contributed by atoms with Gasteiger partial charge in [-0.3, -0.25) is 4.98 Å². The van der Waals surface area contributed by atoms with E-state index in [0.717, 1.165) is 100 Å². The summed E-state index contributed by atoms with van der Waals surface area (Å²) in [6, 6.07) is 61.9. The average Bonchev–Trinajstić information content (AvgIpc) is 1.67. The normalized spacial score (nSPS) is 12.2. The van der Waals surface area contributed by atoms with E-state index in [9.17, 15) is 0 Å². The van der Waals surface area contributed by atoms with Crippen molar-refractivity contribution in [3.8, 4) is 45.3 Å². The second-order valence-electron chi connectivity index (χ2n) is 24.0. The number of benzene rings is 8. The Bertz CT molecular complexity index is 5300. The van der Waals surface area contributed by atoms with Crippen molar-refractivity contribution in [2.24, 2.45) is 0 Å². The number of pyridine rings is 1. The molecule has 0 aliphatic carbocycles. The van der Waals surface area contributed by atoms with Crippen molar-refractivity contribution in [1.29, 1.82) is 0 Å². The van der Waals surface area contributed by atoms with E-state index in [1.165, 1.54) is 99.9 Å². The van der Waals surface area contributed by atoms with Gasteiger partial charge in [0, 0.05) is 107 Å². The van der Waals surface area contributed by atoms with Crippen LogP contribution in [0.2, 0.25) is 0 Å². The lowest BCUT2D eigenvalue weighted by Crippen LogP contribution is -2.10. The smallest absolute Gasteiger partial charge is 0.138 e. The minimum absolute atomic E-state index is 0.821. The van der Waals surface area contributed by atoms with E-state index in [1.54, 1.807) is 6.20 Å². The lowest BCUT2D eigenvalue weighted by Gasteiger charge is -2.24. The summed E-state index contributed by atoms with van der Waals surface area (Å²) in [6.07, 6.45) is 3.73. The Morgan fingerprint density at radius 1 is 0.282 bits per heavy atom. The molecule has 0 N–H and O–H groups in total. The van der Waals surface area contributed by atoms with Crippen LogP contribution >= 0.6 is 0 Å². The minimum Gasteiger partial charge on any atom is -0.456 e. The van der Waals surface area contributed by atoms with Gasteiger partial charge in [-0.05, 0) is 231 Å². The van der Waals surface area contributed by atoms with Gasteiger partial charge in [-0.15, -0.1) is 0 Å². The van der Waals surface area contributed by atoms with Crippen LogP contribution in [0.1, 0.15) is 67.5 Å². The fourth-order valence-corrected chi connectivity index (χ4v) is 14.8. The van der Waals surface area contributed by atoms with Crippen LogP contribution in [0, 0.1) is 83.1 Å². The van der Waals surface area contributed by atoms with Gasteiger partial charge in [0.1, 0.15) is 11.2 Å². The van der Waals surface area contributed by atoms with Crippen LogP contribution in [0.25, 0.3) is 133 Å². The van der Waals surface area contributed by atoms with Crippen molar-refractivity contribution < 1.29 is 4.42 Å². The SMILES string of the molecule is Cc1c(C)c(C)n(-c2ccc3c(c2)c2ccccc2n3-c2cc(-c3ccc4oc5ccncc5c4c3)cc(-n3c4ccccc4c4cc(-n5c(C)c(C)c(C)c5C)ccc43)c2-n2c3ccccc3c3cc(-n4c(C)c(C)c(C)c4C)ccc32)c1C. The van der Waals surface area contributed by atoms with Crippen LogP contribution in [0.15, 0.2) is 181 Å². The zero-order chi connectivity index (χ0) is 58.2. The highest BCUT2D eigenvalue weighted by Gasteiger charge is 2.28. The highest BCUT2D eigenvalue weighted by Crippen LogP contribution is 2.47. The molecule has 0 aliphatic heterocycles. The number of nitrogens with zero attached hydrogens (tertiary/aromatic N) is 7. The van der Waals surface area contributed by atoms with E-state index in [2.05, 4.69) is 273 Å². The first-order valence-electron chi connectivity index (χ1n) is 29.7. The quantitative estimate of drug-likeness (QED) is 0.160. The second-order valence-corrected chi connectivity index (χ2v) is 24.0. The van der Waals surface area contributed by atoms with Gasteiger partial charge in [0.05, 0.1) is 50.2 Å². The fourth-order valence-electron chi connectivity index (χ4n) is 14.8. The van der Waals surface area contributed by atoms with Crippen molar-refractivity contribution in [1.82, 2.24) is 32.4 Å². The molecule has 16 rings (SSSR count). The molecule has 0 bridgehead atoms. The molecule has 0 saturated heterocycles. The molecule has 8 nitrogen and oxygen atoms in total. The van der Waals surface area contributed by atoms with E-state index < -0.39 is 0 Å². The molecule has 8 aromatic carbocycles. The van der Waals surface area contributed by atoms with Gasteiger partial charge in [-0.2, -0.15) is 0 Å². The molecule has 0 saturated carbocycles. The Morgan fingerprint density at radius 3 is 1.07 bits per heavy atom. The van der Waals surface area contributed by atoms with Gasteiger partial charge in [-0.25, -0.2) is 0 Å². The summed E-state index contributed by atoms with van der Waals surface area (Å²) in [5.74, 6) is 0. The molecule has 0 atom stereocenters. The van der Waals surface area contributed by atoms with Gasteiger partial charge in [0.25, 0.3) is 0 Å². The number of hydrogen-bond acceptors (Lipinski definition) is 2. The zero-order valence-corrected chi connectivity index (χ0v) is 50.3. The summed E-state index contributed by atoms with van der Waals surface area (Å²) in [4.78, 5) is 4.58. The van der Waals surface area contributed by atoms with E-state index in [1.807, 2.05) is 12.3 Å². The van der Waals surface area contributed by atoms with E-state index in [0.29, 0.717) is 0 Å². The predicted octanol–water partition coefficient (Wildman–Crippen LogP) is 20.0. The molecule has 0 fully saturated rings. The Balaban J connectivity index is 1.09. The molecule has 8 heteroatoms. The molecule has 0 aliphatic rings. The second kappa shape index (κ2) is 18.2. The number of hydrogen-bond donors (Lipinski definition) is 0. The summed E-state index contributed by atoms with van der Waals surface area (Å²) >= 11 is 0. The zero-order valence-electron chi connectivity index (χ0n) is 50.3. The summed E-state index contributed by atoms with van der Waals surface area (Å²) in [7, 11) is 0. The van der Waals surface area contributed by atoms with Gasteiger partial charge in [-0.1, -0.05) is 60.7 Å². The summed E-state index contributed by atoms with van der Waals surface area (Å²) in [5, 5.41) is 9.14. The maximum absolute atomic E-state index is 6.48. The largest absolute Gasteiger partial charge is 0.456 e. The van der Waals surface area contributed by atoms with E-state index >= 15 is 0 Å². The third-order valence-corrected chi connectivity index (χ3v) is 20.1. The standard InChI is InChI=1S/C77H65N7O/c1-42-43(2)49(8)79(48(42)7)56-26-29-70-62(38-56)59-19-13-16-22-67(59)82(70)73-36-55(54-25-32-75-65(35-54)66-41-78-34-33-76(66)85-75)37-74(83-68-23-17-14-20-60(68)63-39-57(27-30-71(63)83)80-50(9)44(3)45(4)51(80)10)77(73)84-69-24-18-15-21-61(69)64-40-58(28-31-72(64)84)81-52(11)46(5)47(6)53(81)12/h13-41H,1-12H3. The molecule has 16 aromatic rings. The van der Waals surface area contributed by atoms with Crippen molar-refractivity contribution in [3.05, 3.63) is 244 Å². The Morgan fingerprint density at radius 2 is 0.647 bits per heavy atom. The predicted molar refractivity (Wildman–Crippen MR) is 355 cm³/mol. The number of para-hydroxylation sites is 3. The van der Waals surface area contributed by atoms with Crippen LogP contribution in [-0.4, -0.2) is 32.4 Å². The molecule has 0 spiro atoms. The molecule has 0 unspecified atom stereocenters. The Hall–Kier alpha value is -10.1. The average molecular weight is 1100 g/mol. The van der Waals surface area contributed by atoms with Crippen LogP contribution in [0.5, 0.6) is 0 Å². The van der Waals surface area contributed by atoms with Crippen molar-refractivity contribution in [2.45, 2.75) is 83.1 Å². The van der Waals surface area contributed by atoms with Crippen molar-refractivity contribution >= 4 is 87.4 Å². The maximum atomic E-state index is 6.48. The molecule has 0 amide bonds. The lowest BCUT2D eigenvalue weighted by atomic mass is 10.00. The third-order valence-electron chi connectivity index (χ3n) is 20.1. The third kappa shape index (κ3) is 6.99. The van der Waals surface area contributed by atoms with Crippen LogP contribution in [-0.2, 0) is 0 Å². The van der Waals surface area contributed by atoms with Gasteiger partial charge >= 0.3 is 0 Å². The minimum atomic E-state index is 0.821. The van der Waals surface area contributed by atoms with Gasteiger partial charge in [0.15, 0.2) is 0 Å². The van der Waals surface area contributed by atoms with Crippen LogP contribution < -0.4 is 0 Å². The molecule has 85 heavy (non-hydrogen) atoms. The first kappa shape index (κ1) is 50.7. The number of furan rings is 1. The Labute approximate surface area is 493 Å². The first-order chi connectivity index (χ1) is 41.2. The Kier molecular flexibility index (Phi) is 10.9. The van der Waals surface area contributed by atoms with Gasteiger partial charge < -0.3 is 31.8 Å². The van der Waals surface area contributed by atoms with E-state index in [-0.39, 0.29) is 0 Å². The maximum Gasteiger partial charge on any atom is 0.138 e. The fraction of sp³-hybridized carbons (Fsp3) is 0.156. The van der Waals surface area contributed by atoms with Crippen LogP contribution in [0.3, 0.4) is 0 Å². The number of fused-ring (bicyclic) bond motifs is 12. The highest BCUT2D eigenvalue weighted by molar-refractivity contribution is 6.15. The monoisotopic (exact) mass is 1100 g/mol. The molecule has 0 radical (unpaired) electrons. The molecule has 414 valence electrons. The van der Waals surface area contributed by atoms with Crippen molar-refractivity contribution in [2.75, 3.05) is 0 Å². The van der Waals surface area contributed by atoms with Gasteiger partial charge in [0.2, 0.25) is 0 Å². The summed E-state index contributed by atoms with van der Waals surface area (Å²) < 4.78 is 21.5.